The Bertz CT molecular complexity index is 696. The highest BCUT2D eigenvalue weighted by atomic mass is 16.3. The Hall–Kier alpha value is -2.82. The van der Waals surface area contributed by atoms with E-state index in [1.807, 2.05) is 0 Å². The van der Waals surface area contributed by atoms with Gasteiger partial charge in [0.25, 0.3) is 5.91 Å². The van der Waals surface area contributed by atoms with Crippen molar-refractivity contribution in [1.29, 1.82) is 0 Å². The zero-order valence-electron chi connectivity index (χ0n) is 11.8. The van der Waals surface area contributed by atoms with Gasteiger partial charge in [0.15, 0.2) is 5.78 Å². The monoisotopic (exact) mass is 284 g/mol. The highest BCUT2D eigenvalue weighted by molar-refractivity contribution is 6.06. The van der Waals surface area contributed by atoms with E-state index in [2.05, 4.69) is 10.6 Å². The van der Waals surface area contributed by atoms with Crippen molar-refractivity contribution in [2.24, 2.45) is 0 Å². The van der Waals surface area contributed by atoms with E-state index >= 15 is 0 Å². The third kappa shape index (κ3) is 3.39. The van der Waals surface area contributed by atoms with Crippen LogP contribution in [0.1, 0.15) is 27.6 Å². The minimum Gasteiger partial charge on any atom is -0.506 e. The predicted molar refractivity (Wildman–Crippen MR) is 82.1 cm³/mol. The maximum Gasteiger partial charge on any atom is 0.255 e. The number of phenols is 1. The summed E-state index contributed by atoms with van der Waals surface area (Å²) in [6, 6.07) is 11.3. The summed E-state index contributed by atoms with van der Waals surface area (Å²) in [5.41, 5.74) is 1.88. The van der Waals surface area contributed by atoms with Gasteiger partial charge in [-0.2, -0.15) is 0 Å². The lowest BCUT2D eigenvalue weighted by Crippen LogP contribution is -2.12. The van der Waals surface area contributed by atoms with E-state index < -0.39 is 0 Å². The topological polar surface area (TPSA) is 78.4 Å². The van der Waals surface area contributed by atoms with Gasteiger partial charge in [0.1, 0.15) is 5.75 Å². The van der Waals surface area contributed by atoms with Crippen LogP contribution >= 0.6 is 0 Å². The highest BCUT2D eigenvalue weighted by Gasteiger charge is 2.11. The molecule has 3 N–H and O–H groups in total. The number of carbonyl (C=O) groups is 2. The van der Waals surface area contributed by atoms with E-state index in [-0.39, 0.29) is 17.4 Å². The standard InChI is InChI=1S/C16H16N2O3/c1-10(19)11-4-3-5-12(8-11)16(21)18-14-7-6-13(17-2)9-15(14)20/h3-9,17,20H,1-2H3,(H,18,21). The Morgan fingerprint density at radius 1 is 1.05 bits per heavy atom. The number of amides is 1. The molecule has 0 spiro atoms. The number of benzene rings is 2. The minimum atomic E-state index is -0.384. The SMILES string of the molecule is CNc1ccc(NC(=O)c2cccc(C(C)=O)c2)c(O)c1. The largest absolute Gasteiger partial charge is 0.506 e. The first-order valence-electron chi connectivity index (χ1n) is 6.44. The van der Waals surface area contributed by atoms with Gasteiger partial charge in [-0.1, -0.05) is 12.1 Å². The second kappa shape index (κ2) is 6.09. The van der Waals surface area contributed by atoms with Crippen LogP contribution in [0, 0.1) is 0 Å². The zero-order chi connectivity index (χ0) is 15.4. The second-order valence-corrected chi connectivity index (χ2v) is 4.57. The number of hydrogen-bond donors (Lipinski definition) is 3. The third-order valence-electron chi connectivity index (χ3n) is 3.07. The molecule has 0 aliphatic carbocycles. The van der Waals surface area contributed by atoms with Gasteiger partial charge in [0, 0.05) is 29.9 Å². The molecule has 1 amide bonds. The average Bonchev–Trinajstić information content (AvgIpc) is 2.49. The lowest BCUT2D eigenvalue weighted by molar-refractivity contribution is 0.101. The second-order valence-electron chi connectivity index (χ2n) is 4.57. The number of hydrogen-bond acceptors (Lipinski definition) is 4. The fourth-order valence-corrected chi connectivity index (χ4v) is 1.87. The van der Waals surface area contributed by atoms with E-state index in [1.54, 1.807) is 37.4 Å². The van der Waals surface area contributed by atoms with Crippen molar-refractivity contribution < 1.29 is 14.7 Å². The van der Waals surface area contributed by atoms with Crippen LogP contribution in [-0.2, 0) is 0 Å². The summed E-state index contributed by atoms with van der Waals surface area (Å²) in [6.07, 6.45) is 0. The lowest BCUT2D eigenvalue weighted by Gasteiger charge is -2.09. The number of nitrogens with one attached hydrogen (secondary N) is 2. The fraction of sp³-hybridized carbons (Fsp3) is 0.125. The lowest BCUT2D eigenvalue weighted by atomic mass is 10.1. The van der Waals surface area contributed by atoms with Gasteiger partial charge in [0.2, 0.25) is 0 Å². The van der Waals surface area contributed by atoms with Crippen LogP contribution in [0.2, 0.25) is 0 Å². The highest BCUT2D eigenvalue weighted by Crippen LogP contribution is 2.27. The molecule has 0 saturated carbocycles. The summed E-state index contributed by atoms with van der Waals surface area (Å²) < 4.78 is 0. The molecular weight excluding hydrogens is 268 g/mol. The molecule has 21 heavy (non-hydrogen) atoms. The van der Waals surface area contributed by atoms with E-state index in [0.29, 0.717) is 16.8 Å². The molecule has 2 aromatic carbocycles. The van der Waals surface area contributed by atoms with Crippen LogP contribution in [0.4, 0.5) is 11.4 Å². The van der Waals surface area contributed by atoms with Crippen molar-refractivity contribution in [2.75, 3.05) is 17.7 Å². The van der Waals surface area contributed by atoms with Crippen LogP contribution in [0.5, 0.6) is 5.75 Å². The van der Waals surface area contributed by atoms with Crippen molar-refractivity contribution in [3.63, 3.8) is 0 Å². The van der Waals surface area contributed by atoms with Gasteiger partial charge >= 0.3 is 0 Å². The molecule has 0 bridgehead atoms. The molecule has 0 aliphatic rings. The minimum absolute atomic E-state index is 0.0297. The summed E-state index contributed by atoms with van der Waals surface area (Å²) in [5, 5.41) is 15.4. The van der Waals surface area contributed by atoms with Crippen molar-refractivity contribution in [1.82, 2.24) is 0 Å². The molecule has 0 heterocycles. The molecule has 0 unspecified atom stereocenters. The van der Waals surface area contributed by atoms with Gasteiger partial charge in [-0.3, -0.25) is 9.59 Å². The molecular formula is C16H16N2O3. The molecule has 108 valence electrons. The Kier molecular flexibility index (Phi) is 4.23. The normalized spacial score (nSPS) is 10.0. The van der Waals surface area contributed by atoms with Crippen LogP contribution in [0.3, 0.4) is 0 Å². The first-order chi connectivity index (χ1) is 10.0. The average molecular weight is 284 g/mol. The molecule has 0 aromatic heterocycles. The van der Waals surface area contributed by atoms with E-state index in [1.165, 1.54) is 19.1 Å². The third-order valence-corrected chi connectivity index (χ3v) is 3.07. The molecule has 2 rings (SSSR count). The molecule has 5 nitrogen and oxygen atoms in total. The molecule has 0 aliphatic heterocycles. The van der Waals surface area contributed by atoms with Crippen LogP contribution in [0.15, 0.2) is 42.5 Å². The Labute approximate surface area is 122 Å². The Morgan fingerprint density at radius 2 is 1.76 bits per heavy atom. The zero-order valence-corrected chi connectivity index (χ0v) is 11.8. The quantitative estimate of drug-likeness (QED) is 0.596. The number of ketones is 1. The van der Waals surface area contributed by atoms with E-state index in [0.717, 1.165) is 5.69 Å². The molecule has 2 aromatic rings. The van der Waals surface area contributed by atoms with E-state index in [9.17, 15) is 14.7 Å². The summed E-state index contributed by atoms with van der Waals surface area (Å²) in [7, 11) is 1.74. The van der Waals surface area contributed by atoms with Gasteiger partial charge in [0.05, 0.1) is 5.69 Å². The van der Waals surface area contributed by atoms with Crippen LogP contribution in [-0.4, -0.2) is 23.8 Å². The molecule has 0 fully saturated rings. The van der Waals surface area contributed by atoms with Crippen molar-refractivity contribution in [2.45, 2.75) is 6.92 Å². The summed E-state index contributed by atoms with van der Waals surface area (Å²) >= 11 is 0. The maximum absolute atomic E-state index is 12.1. The van der Waals surface area contributed by atoms with Gasteiger partial charge < -0.3 is 15.7 Å². The summed E-state index contributed by atoms with van der Waals surface area (Å²) in [4.78, 5) is 23.5. The Morgan fingerprint density at radius 3 is 2.38 bits per heavy atom. The first kappa shape index (κ1) is 14.6. The van der Waals surface area contributed by atoms with Crippen molar-refractivity contribution in [3.8, 4) is 5.75 Å². The van der Waals surface area contributed by atoms with Crippen molar-refractivity contribution >= 4 is 23.1 Å². The van der Waals surface area contributed by atoms with E-state index in [4.69, 9.17) is 0 Å². The predicted octanol–water partition coefficient (Wildman–Crippen LogP) is 2.89. The summed E-state index contributed by atoms with van der Waals surface area (Å²) in [6.45, 7) is 1.44. The maximum atomic E-state index is 12.1. The van der Waals surface area contributed by atoms with Crippen molar-refractivity contribution in [3.05, 3.63) is 53.6 Å². The smallest absolute Gasteiger partial charge is 0.255 e. The van der Waals surface area contributed by atoms with Crippen LogP contribution in [0.25, 0.3) is 0 Å². The van der Waals surface area contributed by atoms with Crippen LogP contribution < -0.4 is 10.6 Å². The number of phenolic OH excluding ortho intramolecular Hbond substituents is 1. The van der Waals surface area contributed by atoms with Gasteiger partial charge in [-0.05, 0) is 31.2 Å². The number of aromatic hydroxyl groups is 1. The fourth-order valence-electron chi connectivity index (χ4n) is 1.87. The van der Waals surface area contributed by atoms with Gasteiger partial charge in [-0.15, -0.1) is 0 Å². The Balaban J connectivity index is 2.22. The number of rotatable bonds is 4. The molecule has 0 saturated heterocycles. The first-order valence-corrected chi connectivity index (χ1v) is 6.44. The number of anilines is 2. The number of Topliss-reactive ketones (excluding diaryl/α,β-unsaturated/α-hetero) is 1. The molecule has 0 atom stereocenters. The van der Waals surface area contributed by atoms with Gasteiger partial charge in [-0.25, -0.2) is 0 Å². The molecule has 0 radical (unpaired) electrons. The number of carbonyl (C=O) groups excluding carboxylic acids is 2. The molecule has 5 heteroatoms. The summed E-state index contributed by atoms with van der Waals surface area (Å²) in [5.74, 6) is -0.519.